The van der Waals surface area contributed by atoms with E-state index >= 15 is 0 Å². The van der Waals surface area contributed by atoms with Crippen LogP contribution in [-0.4, -0.2) is 48.7 Å². The highest BCUT2D eigenvalue weighted by Crippen LogP contribution is 2.02. The molecule has 2 amide bonds. The Morgan fingerprint density at radius 1 is 1.14 bits per heavy atom. The maximum absolute atomic E-state index is 11.3. The van der Waals surface area contributed by atoms with Gasteiger partial charge in [-0.1, -0.05) is 30.3 Å². The number of urea groups is 1. The average Bonchev–Trinajstić information content (AvgIpc) is 2.44. The summed E-state index contributed by atoms with van der Waals surface area (Å²) in [6, 6.07) is 9.89. The molecule has 1 aromatic rings. The molecule has 1 rings (SSSR count). The van der Waals surface area contributed by atoms with Crippen molar-refractivity contribution in [2.24, 2.45) is 0 Å². The van der Waals surface area contributed by atoms with E-state index in [1.165, 1.54) is 5.56 Å². The van der Waals surface area contributed by atoms with Gasteiger partial charge in [0.1, 0.15) is 0 Å². The molecule has 0 heterocycles. The molecule has 3 N–H and O–H groups in total. The van der Waals surface area contributed by atoms with E-state index in [4.69, 9.17) is 5.11 Å². The molecule has 0 fully saturated rings. The van der Waals surface area contributed by atoms with E-state index < -0.39 is 5.97 Å². The smallest absolute Gasteiger partial charge is 0.314 e. The molecule has 21 heavy (non-hydrogen) atoms. The minimum absolute atomic E-state index is 0.0623. The molecule has 116 valence electrons. The van der Waals surface area contributed by atoms with E-state index in [0.717, 1.165) is 19.5 Å². The highest BCUT2D eigenvalue weighted by atomic mass is 16.4. The number of nitrogens with one attached hydrogen (secondary N) is 2. The minimum atomic E-state index is -0.919. The van der Waals surface area contributed by atoms with Crippen LogP contribution in [0, 0.1) is 0 Å². The Labute approximate surface area is 125 Å². The fraction of sp³-hybridized carbons (Fsp3) is 0.467. The molecular formula is C15H23N3O3. The molecule has 0 aromatic heterocycles. The van der Waals surface area contributed by atoms with Crippen LogP contribution in [-0.2, 0) is 11.3 Å². The van der Waals surface area contributed by atoms with E-state index in [9.17, 15) is 9.59 Å². The van der Waals surface area contributed by atoms with Crippen molar-refractivity contribution in [1.82, 2.24) is 15.5 Å². The predicted molar refractivity (Wildman–Crippen MR) is 81.0 cm³/mol. The van der Waals surface area contributed by atoms with Crippen LogP contribution in [0.1, 0.15) is 18.4 Å². The van der Waals surface area contributed by atoms with Crippen LogP contribution in [0.3, 0.4) is 0 Å². The van der Waals surface area contributed by atoms with E-state index in [2.05, 4.69) is 27.7 Å². The Hall–Kier alpha value is -2.08. The molecule has 6 nitrogen and oxygen atoms in total. The van der Waals surface area contributed by atoms with Crippen molar-refractivity contribution < 1.29 is 14.7 Å². The zero-order chi connectivity index (χ0) is 15.5. The summed E-state index contributed by atoms with van der Waals surface area (Å²) in [6.07, 6.45) is 0.781. The van der Waals surface area contributed by atoms with Gasteiger partial charge in [-0.3, -0.25) is 4.79 Å². The third kappa shape index (κ3) is 8.65. The van der Waals surface area contributed by atoms with Gasteiger partial charge in [-0.2, -0.15) is 0 Å². The van der Waals surface area contributed by atoms with E-state index in [1.807, 2.05) is 25.2 Å². The first-order valence-electron chi connectivity index (χ1n) is 7.04. The summed E-state index contributed by atoms with van der Waals surface area (Å²) in [6.45, 7) is 2.48. The zero-order valence-electron chi connectivity index (χ0n) is 12.3. The Morgan fingerprint density at radius 2 is 1.81 bits per heavy atom. The van der Waals surface area contributed by atoms with Gasteiger partial charge in [0.25, 0.3) is 0 Å². The summed E-state index contributed by atoms with van der Waals surface area (Å²) in [4.78, 5) is 23.8. The number of nitrogens with zero attached hydrogens (tertiary/aromatic N) is 1. The second kappa shape index (κ2) is 9.77. The number of aliphatic carboxylic acids is 1. The fourth-order valence-electron chi connectivity index (χ4n) is 1.87. The number of carbonyl (C=O) groups is 2. The first-order valence-corrected chi connectivity index (χ1v) is 7.04. The summed E-state index contributed by atoms with van der Waals surface area (Å²) in [5.74, 6) is -0.919. The summed E-state index contributed by atoms with van der Waals surface area (Å²) in [5.41, 5.74) is 1.26. The van der Waals surface area contributed by atoms with E-state index in [-0.39, 0.29) is 19.0 Å². The van der Waals surface area contributed by atoms with Gasteiger partial charge in [0.15, 0.2) is 0 Å². The molecule has 0 radical (unpaired) electrons. The van der Waals surface area contributed by atoms with Crippen LogP contribution < -0.4 is 10.6 Å². The number of hydrogen-bond acceptors (Lipinski definition) is 3. The van der Waals surface area contributed by atoms with Gasteiger partial charge in [-0.25, -0.2) is 4.79 Å². The molecule has 0 aliphatic rings. The first-order chi connectivity index (χ1) is 10.1. The number of carboxylic acids is 1. The third-order valence-electron chi connectivity index (χ3n) is 2.92. The zero-order valence-corrected chi connectivity index (χ0v) is 12.3. The molecule has 0 spiro atoms. The second-order valence-corrected chi connectivity index (χ2v) is 4.90. The third-order valence-corrected chi connectivity index (χ3v) is 2.92. The number of carboxylic acid groups (broad SMARTS) is 1. The van der Waals surface area contributed by atoms with Crippen molar-refractivity contribution in [3.05, 3.63) is 35.9 Å². The molecule has 1 aromatic carbocycles. The number of amides is 2. The number of hydrogen-bond donors (Lipinski definition) is 3. The highest BCUT2D eigenvalue weighted by Gasteiger charge is 2.03. The fourth-order valence-corrected chi connectivity index (χ4v) is 1.87. The van der Waals surface area contributed by atoms with Crippen molar-refractivity contribution >= 4 is 12.0 Å². The average molecular weight is 293 g/mol. The summed E-state index contributed by atoms with van der Waals surface area (Å²) >= 11 is 0. The van der Waals surface area contributed by atoms with Crippen LogP contribution in [0.25, 0.3) is 0 Å². The molecular weight excluding hydrogens is 270 g/mol. The molecule has 0 bridgehead atoms. The lowest BCUT2D eigenvalue weighted by molar-refractivity contribution is -0.136. The highest BCUT2D eigenvalue weighted by molar-refractivity contribution is 5.74. The van der Waals surface area contributed by atoms with Crippen molar-refractivity contribution in [2.75, 3.05) is 26.7 Å². The SMILES string of the molecule is CN(CCCNC(=O)NCCC(=O)O)Cc1ccccc1. The Balaban J connectivity index is 2.05. The molecule has 0 saturated heterocycles. The lowest BCUT2D eigenvalue weighted by Crippen LogP contribution is -2.37. The van der Waals surface area contributed by atoms with Crippen LogP contribution in [0.2, 0.25) is 0 Å². The number of benzene rings is 1. The normalized spacial score (nSPS) is 10.4. The molecule has 0 saturated carbocycles. The van der Waals surface area contributed by atoms with Crippen molar-refractivity contribution in [3.63, 3.8) is 0 Å². The quantitative estimate of drug-likeness (QED) is 0.599. The van der Waals surface area contributed by atoms with Gasteiger partial charge in [-0.05, 0) is 25.6 Å². The van der Waals surface area contributed by atoms with Crippen molar-refractivity contribution in [3.8, 4) is 0 Å². The standard InChI is InChI=1S/C15H23N3O3/c1-18(12-13-6-3-2-4-7-13)11-5-9-16-15(21)17-10-8-14(19)20/h2-4,6-7H,5,8-12H2,1H3,(H,19,20)(H2,16,17,21). The number of rotatable bonds is 9. The van der Waals surface area contributed by atoms with E-state index in [0.29, 0.717) is 6.54 Å². The molecule has 0 unspecified atom stereocenters. The second-order valence-electron chi connectivity index (χ2n) is 4.90. The number of carbonyl (C=O) groups excluding carboxylic acids is 1. The molecule has 0 atom stereocenters. The van der Waals surface area contributed by atoms with Crippen molar-refractivity contribution in [1.29, 1.82) is 0 Å². The Kier molecular flexibility index (Phi) is 7.89. The van der Waals surface area contributed by atoms with Crippen LogP contribution in [0.4, 0.5) is 4.79 Å². The van der Waals surface area contributed by atoms with Crippen LogP contribution >= 0.6 is 0 Å². The maximum atomic E-state index is 11.3. The van der Waals surface area contributed by atoms with E-state index in [1.54, 1.807) is 0 Å². The first kappa shape index (κ1) is 17.0. The monoisotopic (exact) mass is 293 g/mol. The summed E-state index contributed by atoms with van der Waals surface area (Å²) in [5, 5.41) is 13.6. The molecule has 0 aliphatic heterocycles. The summed E-state index contributed by atoms with van der Waals surface area (Å²) in [7, 11) is 2.04. The molecule has 6 heteroatoms. The van der Waals surface area contributed by atoms with Gasteiger partial charge in [0, 0.05) is 19.6 Å². The Bertz CT molecular complexity index is 437. The van der Waals surface area contributed by atoms with Crippen molar-refractivity contribution in [2.45, 2.75) is 19.4 Å². The lowest BCUT2D eigenvalue weighted by Gasteiger charge is -2.16. The minimum Gasteiger partial charge on any atom is -0.481 e. The van der Waals surface area contributed by atoms with Crippen LogP contribution in [0.15, 0.2) is 30.3 Å². The largest absolute Gasteiger partial charge is 0.481 e. The molecule has 0 aliphatic carbocycles. The van der Waals surface area contributed by atoms with Crippen LogP contribution in [0.5, 0.6) is 0 Å². The van der Waals surface area contributed by atoms with Gasteiger partial charge >= 0.3 is 12.0 Å². The summed E-state index contributed by atoms with van der Waals surface area (Å²) < 4.78 is 0. The topological polar surface area (TPSA) is 81.7 Å². The van der Waals surface area contributed by atoms with Gasteiger partial charge in [0.05, 0.1) is 6.42 Å². The maximum Gasteiger partial charge on any atom is 0.314 e. The predicted octanol–water partition coefficient (Wildman–Crippen LogP) is 1.28. The lowest BCUT2D eigenvalue weighted by atomic mass is 10.2. The van der Waals surface area contributed by atoms with Gasteiger partial charge in [-0.15, -0.1) is 0 Å². The van der Waals surface area contributed by atoms with Gasteiger partial charge < -0.3 is 20.6 Å². The van der Waals surface area contributed by atoms with Gasteiger partial charge in [0.2, 0.25) is 0 Å². The Morgan fingerprint density at radius 3 is 2.48 bits per heavy atom.